The maximum atomic E-state index is 4.53. The summed E-state index contributed by atoms with van der Waals surface area (Å²) in [6.07, 6.45) is 0. The van der Waals surface area contributed by atoms with Gasteiger partial charge < -0.3 is 9.47 Å². The van der Waals surface area contributed by atoms with Gasteiger partial charge in [0.1, 0.15) is 0 Å². The second-order valence-electron chi connectivity index (χ2n) is 15.0. The number of fused-ring (bicyclic) bond motifs is 6. The van der Waals surface area contributed by atoms with E-state index < -0.39 is 0 Å². The van der Waals surface area contributed by atoms with Gasteiger partial charge >= 0.3 is 0 Å². The molecule has 0 spiro atoms. The molecule has 272 valence electrons. The normalized spacial score (nSPS) is 11.8. The van der Waals surface area contributed by atoms with E-state index in [1.54, 1.807) is 0 Å². The predicted octanol–water partition coefficient (Wildman–Crippen LogP) is 15.3. The van der Waals surface area contributed by atoms with E-state index in [4.69, 9.17) is 0 Å². The van der Waals surface area contributed by atoms with Gasteiger partial charge in [0.05, 0.1) is 11.0 Å². The molecular weight excluding hydrogens is 701 g/mol. The molecule has 0 atom stereocenters. The van der Waals surface area contributed by atoms with Gasteiger partial charge in [-0.05, 0) is 128 Å². The van der Waals surface area contributed by atoms with E-state index in [1.807, 2.05) is 0 Å². The molecule has 0 radical (unpaired) electrons. The van der Waals surface area contributed by atoms with Crippen molar-refractivity contribution in [3.05, 3.63) is 236 Å². The molecule has 1 aromatic heterocycles. The zero-order valence-corrected chi connectivity index (χ0v) is 31.9. The smallest absolute Gasteiger partial charge is 0.0541 e. The number of rotatable bonds is 7. The lowest BCUT2D eigenvalue weighted by molar-refractivity contribution is 1.18. The van der Waals surface area contributed by atoms with Crippen molar-refractivity contribution in [2.24, 2.45) is 0 Å². The molecule has 0 amide bonds. The van der Waals surface area contributed by atoms with Crippen molar-refractivity contribution in [2.45, 2.75) is 0 Å². The lowest BCUT2D eigenvalue weighted by atomic mass is 10.0. The van der Waals surface area contributed by atoms with Crippen LogP contribution >= 0.6 is 0 Å². The molecule has 1 heterocycles. The van der Waals surface area contributed by atoms with Crippen molar-refractivity contribution in [1.29, 1.82) is 0 Å². The number of hydrogen-bond donors (Lipinski definition) is 0. The molecule has 0 saturated heterocycles. The molecule has 0 unspecified atom stereocenters. The minimum absolute atomic E-state index is 1.07. The minimum Gasteiger partial charge on any atom is -0.310 e. The molecule has 11 rings (SSSR count). The molecule has 1 aliphatic rings. The average Bonchev–Trinajstić information content (AvgIpc) is 3.78. The fraction of sp³-hybridized carbons (Fsp3) is 0. The second kappa shape index (κ2) is 13.8. The maximum absolute atomic E-state index is 4.53. The molecular formula is C56H38N2. The van der Waals surface area contributed by atoms with Crippen LogP contribution in [0.3, 0.4) is 0 Å². The quantitative estimate of drug-likeness (QED) is 0.158. The van der Waals surface area contributed by atoms with Crippen LogP contribution in [0.2, 0.25) is 0 Å². The molecule has 0 fully saturated rings. The molecule has 9 aromatic carbocycles. The summed E-state index contributed by atoms with van der Waals surface area (Å²) in [4.78, 5) is 2.36. The van der Waals surface area contributed by atoms with Crippen LogP contribution in [0.4, 0.5) is 17.1 Å². The topological polar surface area (TPSA) is 8.17 Å². The molecule has 0 bridgehead atoms. The van der Waals surface area contributed by atoms with Crippen LogP contribution in [0.15, 0.2) is 225 Å². The van der Waals surface area contributed by atoms with E-state index in [9.17, 15) is 0 Å². The van der Waals surface area contributed by atoms with Crippen molar-refractivity contribution in [3.8, 4) is 50.2 Å². The van der Waals surface area contributed by atoms with E-state index in [0.29, 0.717) is 0 Å². The van der Waals surface area contributed by atoms with Gasteiger partial charge in [-0.25, -0.2) is 0 Å². The van der Waals surface area contributed by atoms with Gasteiger partial charge in [-0.2, -0.15) is 0 Å². The van der Waals surface area contributed by atoms with Crippen molar-refractivity contribution in [1.82, 2.24) is 4.57 Å². The second-order valence-corrected chi connectivity index (χ2v) is 15.0. The number of hydrogen-bond acceptors (Lipinski definition) is 1. The molecule has 2 nitrogen and oxygen atoms in total. The standard InChI is InChI=1S/C56H38N2/c1-38-49-16-8-9-17-50(49)51-34-33-48(37-53(38)51)57(45-27-20-41(21-28-45)39-12-4-2-5-13-39)46-29-24-43(25-30-46)44-26-35-56-54(36-44)52-18-10-11-19-55(52)58(56)47-31-22-42(23-32-47)40-14-6-3-7-15-40/h2-37H,1H2. The Bertz CT molecular complexity index is 3140. The highest BCUT2D eigenvalue weighted by Crippen LogP contribution is 2.47. The SMILES string of the molecule is C=C1c2ccccc2-c2ccc(N(c3ccc(-c4ccccc4)cc3)c3ccc(-c4ccc5c(c4)c4ccccc4n5-c4ccc(-c5ccccc5)cc4)cc3)cc21. The molecule has 10 aromatic rings. The summed E-state index contributed by atoms with van der Waals surface area (Å²) in [7, 11) is 0. The molecule has 0 N–H and O–H groups in total. The summed E-state index contributed by atoms with van der Waals surface area (Å²) in [5.41, 5.74) is 20.0. The van der Waals surface area contributed by atoms with Crippen molar-refractivity contribution < 1.29 is 0 Å². The van der Waals surface area contributed by atoms with Gasteiger partial charge in [-0.15, -0.1) is 0 Å². The van der Waals surface area contributed by atoms with Crippen LogP contribution in [0.1, 0.15) is 11.1 Å². The van der Waals surface area contributed by atoms with E-state index in [-0.39, 0.29) is 0 Å². The number of anilines is 3. The molecule has 0 aliphatic heterocycles. The maximum Gasteiger partial charge on any atom is 0.0541 e. The van der Waals surface area contributed by atoms with Crippen LogP contribution in [-0.2, 0) is 0 Å². The van der Waals surface area contributed by atoms with Gasteiger partial charge in [0, 0.05) is 33.5 Å². The summed E-state index contributed by atoms with van der Waals surface area (Å²) in [5, 5.41) is 2.48. The van der Waals surface area contributed by atoms with Gasteiger partial charge in [-0.1, -0.05) is 158 Å². The molecule has 2 heteroatoms. The summed E-state index contributed by atoms with van der Waals surface area (Å²) < 4.78 is 2.39. The summed E-state index contributed by atoms with van der Waals surface area (Å²) in [5.74, 6) is 0. The first-order chi connectivity index (χ1) is 28.7. The molecule has 0 saturated carbocycles. The van der Waals surface area contributed by atoms with Crippen LogP contribution in [-0.4, -0.2) is 4.57 Å². The highest BCUT2D eigenvalue weighted by Gasteiger charge is 2.24. The van der Waals surface area contributed by atoms with E-state index >= 15 is 0 Å². The third kappa shape index (κ3) is 5.66. The van der Waals surface area contributed by atoms with E-state index in [1.165, 1.54) is 77.4 Å². The predicted molar refractivity (Wildman–Crippen MR) is 245 cm³/mol. The Hall–Kier alpha value is -7.68. The van der Waals surface area contributed by atoms with Crippen LogP contribution in [0.5, 0.6) is 0 Å². The van der Waals surface area contributed by atoms with Crippen LogP contribution in [0, 0.1) is 0 Å². The van der Waals surface area contributed by atoms with Gasteiger partial charge in [0.2, 0.25) is 0 Å². The first-order valence-corrected chi connectivity index (χ1v) is 19.9. The van der Waals surface area contributed by atoms with Crippen molar-refractivity contribution in [3.63, 3.8) is 0 Å². The largest absolute Gasteiger partial charge is 0.310 e. The third-order valence-corrected chi connectivity index (χ3v) is 11.7. The summed E-state index contributed by atoms with van der Waals surface area (Å²) >= 11 is 0. The highest BCUT2D eigenvalue weighted by molar-refractivity contribution is 6.10. The van der Waals surface area contributed by atoms with Crippen molar-refractivity contribution in [2.75, 3.05) is 4.90 Å². The monoisotopic (exact) mass is 738 g/mol. The van der Waals surface area contributed by atoms with Gasteiger partial charge in [-0.3, -0.25) is 0 Å². The molecule has 58 heavy (non-hydrogen) atoms. The first-order valence-electron chi connectivity index (χ1n) is 19.9. The summed E-state index contributed by atoms with van der Waals surface area (Å²) in [6, 6.07) is 78.9. The zero-order chi connectivity index (χ0) is 38.6. The third-order valence-electron chi connectivity index (χ3n) is 11.7. The Morgan fingerprint density at radius 3 is 1.43 bits per heavy atom. The Kier molecular flexibility index (Phi) is 8.01. The Morgan fingerprint density at radius 1 is 0.310 bits per heavy atom. The number of benzene rings is 9. The Labute approximate surface area is 338 Å². The van der Waals surface area contributed by atoms with Gasteiger partial charge in [0.25, 0.3) is 0 Å². The van der Waals surface area contributed by atoms with Gasteiger partial charge in [0.15, 0.2) is 0 Å². The van der Waals surface area contributed by atoms with Crippen molar-refractivity contribution >= 4 is 44.4 Å². The van der Waals surface area contributed by atoms with Crippen LogP contribution in [0.25, 0.3) is 77.6 Å². The van der Waals surface area contributed by atoms with E-state index in [0.717, 1.165) is 28.3 Å². The minimum atomic E-state index is 1.07. The fourth-order valence-corrected chi connectivity index (χ4v) is 8.83. The Balaban J connectivity index is 0.973. The number of nitrogens with zero attached hydrogens (tertiary/aromatic N) is 2. The first kappa shape index (κ1) is 33.6. The number of para-hydroxylation sites is 1. The van der Waals surface area contributed by atoms with E-state index in [2.05, 4.69) is 234 Å². The fourth-order valence-electron chi connectivity index (χ4n) is 8.83. The lowest BCUT2D eigenvalue weighted by Crippen LogP contribution is -2.10. The number of aromatic nitrogens is 1. The van der Waals surface area contributed by atoms with Crippen LogP contribution < -0.4 is 4.90 Å². The summed E-state index contributed by atoms with van der Waals surface area (Å²) in [6.45, 7) is 4.53. The lowest BCUT2D eigenvalue weighted by Gasteiger charge is -2.26. The Morgan fingerprint density at radius 2 is 0.776 bits per heavy atom. The highest BCUT2D eigenvalue weighted by atomic mass is 15.1. The zero-order valence-electron chi connectivity index (χ0n) is 31.9. The molecule has 1 aliphatic carbocycles. The average molecular weight is 739 g/mol.